The Bertz CT molecular complexity index is 341. The first-order chi connectivity index (χ1) is 9.03. The number of aliphatic hydroxyl groups excluding tert-OH is 2. The van der Waals surface area contributed by atoms with Crippen molar-refractivity contribution in [3.63, 3.8) is 0 Å². The molecule has 1 rings (SSSR count). The van der Waals surface area contributed by atoms with E-state index in [1.54, 1.807) is 0 Å². The third-order valence-electron chi connectivity index (χ3n) is 2.83. The fraction of sp³-hybridized carbons (Fsp3) is 0.600. The summed E-state index contributed by atoms with van der Waals surface area (Å²) in [4.78, 5) is 0. The fourth-order valence-electron chi connectivity index (χ4n) is 1.58. The Morgan fingerprint density at radius 3 is 2.58 bits per heavy atom. The van der Waals surface area contributed by atoms with E-state index < -0.39 is 6.10 Å². The quantitative estimate of drug-likeness (QED) is 0.628. The van der Waals surface area contributed by atoms with E-state index in [2.05, 4.69) is 5.32 Å². The van der Waals surface area contributed by atoms with Crippen LogP contribution in [0.1, 0.15) is 19.4 Å². The third-order valence-corrected chi connectivity index (χ3v) is 2.83. The number of aliphatic hydroxyl groups is 2. The van der Waals surface area contributed by atoms with Crippen molar-refractivity contribution in [2.75, 3.05) is 26.3 Å². The van der Waals surface area contributed by atoms with Gasteiger partial charge in [0.1, 0.15) is 0 Å². The van der Waals surface area contributed by atoms with Crippen LogP contribution in [0.3, 0.4) is 0 Å². The Labute approximate surface area is 115 Å². The lowest BCUT2D eigenvalue weighted by Gasteiger charge is -2.23. The topological polar surface area (TPSA) is 61.7 Å². The van der Waals surface area contributed by atoms with Gasteiger partial charge in [-0.1, -0.05) is 44.2 Å². The van der Waals surface area contributed by atoms with E-state index in [0.717, 1.165) is 5.56 Å². The van der Waals surface area contributed by atoms with E-state index in [1.807, 2.05) is 44.2 Å². The van der Waals surface area contributed by atoms with Crippen LogP contribution >= 0.6 is 0 Å². The largest absolute Gasteiger partial charge is 0.396 e. The van der Waals surface area contributed by atoms with Gasteiger partial charge in [0.25, 0.3) is 0 Å². The molecule has 0 aromatic heterocycles. The minimum atomic E-state index is -0.529. The second-order valence-electron chi connectivity index (χ2n) is 5.61. The summed E-state index contributed by atoms with van der Waals surface area (Å²) in [6.45, 7) is 6.02. The number of nitrogens with one attached hydrogen (secondary N) is 1. The zero-order valence-electron chi connectivity index (χ0n) is 11.8. The smallest absolute Gasteiger partial charge is 0.0897 e. The van der Waals surface area contributed by atoms with E-state index in [1.165, 1.54) is 0 Å². The van der Waals surface area contributed by atoms with E-state index >= 15 is 0 Å². The van der Waals surface area contributed by atoms with Gasteiger partial charge < -0.3 is 20.3 Å². The van der Waals surface area contributed by atoms with Crippen molar-refractivity contribution in [1.82, 2.24) is 5.32 Å². The van der Waals surface area contributed by atoms with E-state index in [4.69, 9.17) is 9.84 Å². The Morgan fingerprint density at radius 1 is 1.26 bits per heavy atom. The van der Waals surface area contributed by atoms with E-state index in [0.29, 0.717) is 26.3 Å². The highest BCUT2D eigenvalue weighted by Gasteiger charge is 2.16. The Morgan fingerprint density at radius 2 is 1.95 bits per heavy atom. The molecule has 0 saturated carbocycles. The number of rotatable bonds is 9. The lowest BCUT2D eigenvalue weighted by Crippen LogP contribution is -2.38. The first-order valence-corrected chi connectivity index (χ1v) is 6.65. The van der Waals surface area contributed by atoms with Crippen molar-refractivity contribution in [3.8, 4) is 0 Å². The van der Waals surface area contributed by atoms with Crippen LogP contribution in [0.5, 0.6) is 0 Å². The molecule has 0 aliphatic rings. The van der Waals surface area contributed by atoms with Crippen LogP contribution in [0.2, 0.25) is 0 Å². The molecule has 108 valence electrons. The normalized spacial score (nSPS) is 13.5. The minimum Gasteiger partial charge on any atom is -0.396 e. The van der Waals surface area contributed by atoms with Gasteiger partial charge >= 0.3 is 0 Å². The highest BCUT2D eigenvalue weighted by Crippen LogP contribution is 2.10. The molecule has 0 aliphatic heterocycles. The van der Waals surface area contributed by atoms with Gasteiger partial charge in [0.05, 0.1) is 19.3 Å². The SMILES string of the molecule is CC(C)(CO)CNCC(O)COCc1ccccc1. The summed E-state index contributed by atoms with van der Waals surface area (Å²) in [5.41, 5.74) is 0.939. The maximum absolute atomic E-state index is 9.75. The molecule has 1 aromatic rings. The number of hydrogen-bond acceptors (Lipinski definition) is 4. The summed E-state index contributed by atoms with van der Waals surface area (Å²) in [7, 11) is 0. The Kier molecular flexibility index (Phi) is 7.02. The summed E-state index contributed by atoms with van der Waals surface area (Å²) in [5.74, 6) is 0. The fourth-order valence-corrected chi connectivity index (χ4v) is 1.58. The molecule has 1 aromatic carbocycles. The van der Waals surface area contributed by atoms with Crippen LogP contribution in [-0.4, -0.2) is 42.6 Å². The van der Waals surface area contributed by atoms with Crippen molar-refractivity contribution in [3.05, 3.63) is 35.9 Å². The van der Waals surface area contributed by atoms with Crippen molar-refractivity contribution in [1.29, 1.82) is 0 Å². The van der Waals surface area contributed by atoms with Gasteiger partial charge in [-0.25, -0.2) is 0 Å². The van der Waals surface area contributed by atoms with Gasteiger partial charge in [-0.05, 0) is 5.56 Å². The molecule has 0 spiro atoms. The molecule has 0 radical (unpaired) electrons. The van der Waals surface area contributed by atoms with Gasteiger partial charge in [0, 0.05) is 25.1 Å². The van der Waals surface area contributed by atoms with Crippen molar-refractivity contribution in [2.45, 2.75) is 26.6 Å². The van der Waals surface area contributed by atoms with Crippen molar-refractivity contribution >= 4 is 0 Å². The molecule has 0 saturated heterocycles. The molecular weight excluding hydrogens is 242 g/mol. The molecule has 19 heavy (non-hydrogen) atoms. The number of hydrogen-bond donors (Lipinski definition) is 3. The highest BCUT2D eigenvalue weighted by atomic mass is 16.5. The second kappa shape index (κ2) is 8.27. The third kappa shape index (κ3) is 7.28. The van der Waals surface area contributed by atoms with Crippen LogP contribution in [0.4, 0.5) is 0 Å². The molecule has 3 N–H and O–H groups in total. The molecule has 0 fully saturated rings. The zero-order valence-corrected chi connectivity index (χ0v) is 11.8. The minimum absolute atomic E-state index is 0.126. The molecule has 0 bridgehead atoms. The predicted molar refractivity (Wildman–Crippen MR) is 75.8 cm³/mol. The van der Waals surface area contributed by atoms with Crippen LogP contribution in [-0.2, 0) is 11.3 Å². The maximum atomic E-state index is 9.75. The summed E-state index contributed by atoms with van der Waals surface area (Å²) in [5, 5.41) is 22.0. The number of ether oxygens (including phenoxy) is 1. The lowest BCUT2D eigenvalue weighted by atomic mass is 9.95. The summed E-state index contributed by atoms with van der Waals surface area (Å²) in [6.07, 6.45) is -0.529. The predicted octanol–water partition coefficient (Wildman–Crippen LogP) is 1.17. The average Bonchev–Trinajstić information content (AvgIpc) is 2.40. The van der Waals surface area contributed by atoms with Crippen LogP contribution in [0, 0.1) is 5.41 Å². The average molecular weight is 267 g/mol. The highest BCUT2D eigenvalue weighted by molar-refractivity contribution is 5.13. The first-order valence-electron chi connectivity index (χ1n) is 6.65. The van der Waals surface area contributed by atoms with Crippen molar-refractivity contribution in [2.24, 2.45) is 5.41 Å². The molecule has 0 heterocycles. The van der Waals surface area contributed by atoms with Gasteiger partial charge in [0.2, 0.25) is 0 Å². The first kappa shape index (κ1) is 16.1. The second-order valence-corrected chi connectivity index (χ2v) is 5.61. The van der Waals surface area contributed by atoms with Gasteiger partial charge in [0.15, 0.2) is 0 Å². The van der Waals surface area contributed by atoms with Crippen LogP contribution in [0.25, 0.3) is 0 Å². The molecule has 1 unspecified atom stereocenters. The maximum Gasteiger partial charge on any atom is 0.0897 e. The molecule has 4 heteroatoms. The molecule has 0 aliphatic carbocycles. The summed E-state index contributed by atoms with van der Waals surface area (Å²) >= 11 is 0. The van der Waals surface area contributed by atoms with Crippen LogP contribution < -0.4 is 5.32 Å². The monoisotopic (exact) mass is 267 g/mol. The molecule has 4 nitrogen and oxygen atoms in total. The Hall–Kier alpha value is -0.940. The Balaban J connectivity index is 2.10. The molecule has 0 amide bonds. The van der Waals surface area contributed by atoms with Crippen molar-refractivity contribution < 1.29 is 14.9 Å². The number of benzene rings is 1. The molecular formula is C15H25NO3. The summed E-state index contributed by atoms with van der Waals surface area (Å²) < 4.78 is 5.45. The lowest BCUT2D eigenvalue weighted by molar-refractivity contribution is 0.0270. The van der Waals surface area contributed by atoms with Gasteiger partial charge in [-0.2, -0.15) is 0 Å². The molecule has 1 atom stereocenters. The zero-order chi connectivity index (χ0) is 14.1. The van der Waals surface area contributed by atoms with Gasteiger partial charge in [-0.15, -0.1) is 0 Å². The summed E-state index contributed by atoms with van der Waals surface area (Å²) in [6, 6.07) is 9.88. The van der Waals surface area contributed by atoms with E-state index in [9.17, 15) is 5.11 Å². The van der Waals surface area contributed by atoms with Gasteiger partial charge in [-0.3, -0.25) is 0 Å². The van der Waals surface area contributed by atoms with Crippen LogP contribution in [0.15, 0.2) is 30.3 Å². The van der Waals surface area contributed by atoms with E-state index in [-0.39, 0.29) is 12.0 Å². The standard InChI is InChI=1S/C15H25NO3/c1-15(2,12-17)11-16-8-14(18)10-19-9-13-6-4-3-5-7-13/h3-7,14,16-18H,8-12H2,1-2H3.